The van der Waals surface area contributed by atoms with Crippen LogP contribution in [0.3, 0.4) is 0 Å². The first-order valence-corrected chi connectivity index (χ1v) is 12.5. The highest BCUT2D eigenvalue weighted by atomic mass is 16.7. The molecule has 0 aliphatic carbocycles. The minimum absolute atomic E-state index is 0.0189. The van der Waals surface area contributed by atoms with Crippen molar-refractivity contribution in [2.24, 2.45) is 0 Å². The average Bonchev–Trinajstić information content (AvgIpc) is 2.93. The van der Waals surface area contributed by atoms with Gasteiger partial charge in [0.2, 0.25) is 6.29 Å². The van der Waals surface area contributed by atoms with Gasteiger partial charge in [0.15, 0.2) is 12.1 Å². The topological polar surface area (TPSA) is 216 Å². The fraction of sp³-hybridized carbons (Fsp3) is 0.444. The Morgan fingerprint density at radius 2 is 1.50 bits per heavy atom. The van der Waals surface area contributed by atoms with Crippen molar-refractivity contribution in [2.75, 3.05) is 6.61 Å². The molecule has 13 nitrogen and oxygen atoms in total. The smallest absolute Gasteiger partial charge is 0.229 e. The van der Waals surface area contributed by atoms with Crippen LogP contribution in [0.2, 0.25) is 0 Å². The molecule has 0 amide bonds. The summed E-state index contributed by atoms with van der Waals surface area (Å²) in [6, 6.07) is 9.86. The molecule has 0 saturated carbocycles. The molecule has 0 bridgehead atoms. The number of carbonyl (C=O) groups excluding carboxylic acids is 1. The Morgan fingerprint density at radius 1 is 0.850 bits per heavy atom. The molecule has 2 aromatic carbocycles. The minimum Gasteiger partial charge on any atom is -0.508 e. The summed E-state index contributed by atoms with van der Waals surface area (Å²) < 4.78 is 22.3. The van der Waals surface area contributed by atoms with Crippen LogP contribution in [-0.4, -0.2) is 115 Å². The molecule has 2 saturated heterocycles. The lowest BCUT2D eigenvalue weighted by atomic mass is 9.97. The average molecular weight is 565 g/mol. The lowest BCUT2D eigenvalue weighted by Crippen LogP contribution is -2.64. The molecule has 2 aliphatic heterocycles. The van der Waals surface area contributed by atoms with E-state index in [1.54, 1.807) is 12.1 Å². The summed E-state index contributed by atoms with van der Waals surface area (Å²) >= 11 is 0. The van der Waals surface area contributed by atoms with Crippen LogP contribution in [0.25, 0.3) is 6.08 Å². The number of carbonyl (C=O) groups is 1. The second-order valence-corrected chi connectivity index (χ2v) is 9.58. The number of allylic oxidation sites excluding steroid dienone is 1. The number of ether oxygens (including phenoxy) is 4. The highest BCUT2D eigenvalue weighted by Gasteiger charge is 2.50. The van der Waals surface area contributed by atoms with E-state index in [1.165, 1.54) is 43.3 Å². The summed E-state index contributed by atoms with van der Waals surface area (Å²) in [5.41, 5.74) is 0.659. The molecule has 13 heteroatoms. The molecule has 10 atom stereocenters. The molecule has 2 fully saturated rings. The van der Waals surface area contributed by atoms with Gasteiger partial charge in [-0.1, -0.05) is 18.2 Å². The summed E-state index contributed by atoms with van der Waals surface area (Å²) in [4.78, 5) is 12.9. The van der Waals surface area contributed by atoms with E-state index < -0.39 is 73.8 Å². The summed E-state index contributed by atoms with van der Waals surface area (Å²) in [5, 5.41) is 80.5. The van der Waals surface area contributed by atoms with E-state index in [2.05, 4.69) is 0 Å². The number of rotatable bonds is 8. The third-order valence-electron chi connectivity index (χ3n) is 6.71. The van der Waals surface area contributed by atoms with E-state index in [1.807, 2.05) is 0 Å². The van der Waals surface area contributed by atoms with Crippen LogP contribution < -0.4 is 4.74 Å². The van der Waals surface area contributed by atoms with Crippen LogP contribution in [0.5, 0.6) is 17.2 Å². The number of phenolic OH excluding ortho intramolecular Hbond substituents is 2. The number of aromatic hydroxyl groups is 2. The van der Waals surface area contributed by atoms with Crippen molar-refractivity contribution in [2.45, 2.75) is 68.3 Å². The molecule has 10 unspecified atom stereocenters. The largest absolute Gasteiger partial charge is 0.508 e. The minimum atomic E-state index is -1.75. The molecule has 0 radical (unpaired) electrons. The van der Waals surface area contributed by atoms with E-state index in [-0.39, 0.29) is 22.8 Å². The number of aliphatic hydroxyl groups excluding tert-OH is 6. The lowest BCUT2D eigenvalue weighted by Gasteiger charge is -2.45. The Hall–Kier alpha value is -3.11. The van der Waals surface area contributed by atoms with E-state index >= 15 is 0 Å². The summed E-state index contributed by atoms with van der Waals surface area (Å²) in [6.45, 7) is 0.785. The monoisotopic (exact) mass is 564 g/mol. The summed E-state index contributed by atoms with van der Waals surface area (Å²) in [5.74, 6) is -0.819. The fourth-order valence-corrected chi connectivity index (χ4v) is 4.41. The number of ketones is 1. The zero-order valence-corrected chi connectivity index (χ0v) is 21.3. The molecule has 0 aromatic heterocycles. The number of aliphatic hydroxyl groups is 6. The molecule has 0 spiro atoms. The second-order valence-electron chi connectivity index (χ2n) is 9.58. The zero-order chi connectivity index (χ0) is 29.1. The van der Waals surface area contributed by atoms with Crippen molar-refractivity contribution in [1.29, 1.82) is 0 Å². The molecule has 8 N–H and O–H groups in total. The van der Waals surface area contributed by atoms with Gasteiger partial charge >= 0.3 is 0 Å². The van der Waals surface area contributed by atoms with Gasteiger partial charge in [-0.2, -0.15) is 0 Å². The quantitative estimate of drug-likeness (QED) is 0.143. The third-order valence-corrected chi connectivity index (χ3v) is 6.71. The highest BCUT2D eigenvalue weighted by molar-refractivity contribution is 6.08. The molecule has 40 heavy (non-hydrogen) atoms. The van der Waals surface area contributed by atoms with Gasteiger partial charge in [0.05, 0.1) is 18.3 Å². The standard InChI is InChI=1S/C27H32O13/c1-12-25(40-27-23(35)21(33)20(32)19(11-28)39-27)22(34)24(36)26(37-12)38-18-10-15(30)7-8-16(18)17(31)9-4-13-2-5-14(29)6-3-13/h2-10,12,19-30,32-36H,11H2,1H3. The van der Waals surface area contributed by atoms with Crippen LogP contribution in [-0.2, 0) is 14.2 Å². The van der Waals surface area contributed by atoms with Gasteiger partial charge in [0.25, 0.3) is 0 Å². The number of hydrogen-bond acceptors (Lipinski definition) is 13. The maximum atomic E-state index is 12.9. The Morgan fingerprint density at radius 3 is 2.17 bits per heavy atom. The predicted molar refractivity (Wildman–Crippen MR) is 135 cm³/mol. The van der Waals surface area contributed by atoms with E-state index in [0.29, 0.717) is 5.56 Å². The van der Waals surface area contributed by atoms with Gasteiger partial charge < -0.3 is 59.8 Å². The first-order chi connectivity index (χ1) is 19.0. The SMILES string of the molecule is CC1OC(Oc2cc(O)ccc2C(=O)C=Cc2ccc(O)cc2)C(O)C(O)C1OC1OC(CO)C(O)C(O)C1O. The van der Waals surface area contributed by atoms with Gasteiger partial charge in [-0.15, -0.1) is 0 Å². The van der Waals surface area contributed by atoms with Gasteiger partial charge in [-0.25, -0.2) is 0 Å². The van der Waals surface area contributed by atoms with Crippen LogP contribution >= 0.6 is 0 Å². The van der Waals surface area contributed by atoms with Crippen LogP contribution in [0.15, 0.2) is 48.5 Å². The van der Waals surface area contributed by atoms with Crippen LogP contribution in [0, 0.1) is 0 Å². The van der Waals surface area contributed by atoms with Crippen LogP contribution in [0.1, 0.15) is 22.8 Å². The predicted octanol–water partition coefficient (Wildman–Crippen LogP) is -0.976. The van der Waals surface area contributed by atoms with Crippen molar-refractivity contribution < 1.29 is 64.6 Å². The van der Waals surface area contributed by atoms with Gasteiger partial charge in [-0.3, -0.25) is 4.79 Å². The van der Waals surface area contributed by atoms with Gasteiger partial charge in [0.1, 0.15) is 60.0 Å². The Labute approximate surface area is 228 Å². The summed E-state index contributed by atoms with van der Waals surface area (Å²) in [6.07, 6.45) is -12.4. The van der Waals surface area contributed by atoms with E-state index in [0.717, 1.165) is 6.07 Å². The Kier molecular flexibility index (Phi) is 9.41. The fourth-order valence-electron chi connectivity index (χ4n) is 4.41. The number of phenols is 2. The van der Waals surface area contributed by atoms with Gasteiger partial charge in [0, 0.05) is 6.07 Å². The Bertz CT molecular complexity index is 1180. The lowest BCUT2D eigenvalue weighted by molar-refractivity contribution is -0.348. The third kappa shape index (κ3) is 6.44. The van der Waals surface area contributed by atoms with Crippen molar-refractivity contribution in [3.8, 4) is 17.2 Å². The molecule has 2 aromatic rings. The Balaban J connectivity index is 1.47. The maximum absolute atomic E-state index is 12.9. The molecule has 218 valence electrons. The normalized spacial score (nSPS) is 34.6. The molecule has 2 heterocycles. The van der Waals surface area contributed by atoms with Crippen molar-refractivity contribution in [3.05, 3.63) is 59.7 Å². The van der Waals surface area contributed by atoms with E-state index in [9.17, 15) is 45.6 Å². The number of hydrogen-bond donors (Lipinski definition) is 8. The van der Waals surface area contributed by atoms with Crippen molar-refractivity contribution >= 4 is 11.9 Å². The van der Waals surface area contributed by atoms with Crippen molar-refractivity contribution in [3.63, 3.8) is 0 Å². The number of benzene rings is 2. The molecule has 2 aliphatic rings. The molecular weight excluding hydrogens is 532 g/mol. The van der Waals surface area contributed by atoms with Crippen LogP contribution in [0.4, 0.5) is 0 Å². The maximum Gasteiger partial charge on any atom is 0.229 e. The zero-order valence-electron chi connectivity index (χ0n) is 21.3. The second kappa shape index (κ2) is 12.6. The molecular formula is C27H32O13. The summed E-state index contributed by atoms with van der Waals surface area (Å²) in [7, 11) is 0. The highest BCUT2D eigenvalue weighted by Crippen LogP contribution is 2.32. The van der Waals surface area contributed by atoms with E-state index in [4.69, 9.17) is 18.9 Å². The van der Waals surface area contributed by atoms with Crippen molar-refractivity contribution in [1.82, 2.24) is 0 Å². The first-order valence-electron chi connectivity index (χ1n) is 12.5. The first kappa shape index (κ1) is 29.9. The molecule has 4 rings (SSSR count). The van der Waals surface area contributed by atoms with Gasteiger partial charge in [-0.05, 0) is 42.8 Å².